The summed E-state index contributed by atoms with van der Waals surface area (Å²) in [7, 11) is 0. The zero-order valence-corrected chi connectivity index (χ0v) is 19.0. The lowest BCUT2D eigenvalue weighted by Gasteiger charge is -2.39. The van der Waals surface area contributed by atoms with Crippen molar-refractivity contribution in [2.24, 2.45) is 0 Å². The van der Waals surface area contributed by atoms with Gasteiger partial charge in [0.05, 0.1) is 17.7 Å². The summed E-state index contributed by atoms with van der Waals surface area (Å²) in [6.45, 7) is 4.76. The Bertz CT molecular complexity index is 1160. The number of likely N-dealkylation sites (tertiary alicyclic amines) is 1. The van der Waals surface area contributed by atoms with Crippen LogP contribution in [-0.2, 0) is 4.74 Å². The van der Waals surface area contributed by atoms with Crippen molar-refractivity contribution in [2.75, 3.05) is 26.2 Å². The van der Waals surface area contributed by atoms with Crippen LogP contribution in [-0.4, -0.2) is 59.7 Å². The highest BCUT2D eigenvalue weighted by molar-refractivity contribution is 5.90. The van der Waals surface area contributed by atoms with E-state index in [1.54, 1.807) is 24.3 Å². The molecule has 1 saturated heterocycles. The number of nitrogens with one attached hydrogen (secondary N) is 1. The number of fused-ring (bicyclic) bond motifs is 1. The topological polar surface area (TPSA) is 74.8 Å². The number of aromatic nitrogens is 1. The minimum Gasteiger partial charge on any atom is -0.489 e. The maximum absolute atomic E-state index is 12.4. The van der Waals surface area contributed by atoms with Gasteiger partial charge in [0.25, 0.3) is 0 Å². The van der Waals surface area contributed by atoms with Gasteiger partial charge in [-0.25, -0.2) is 4.79 Å². The fourth-order valence-corrected chi connectivity index (χ4v) is 4.69. The number of benzene rings is 2. The Kier molecular flexibility index (Phi) is 6.86. The van der Waals surface area contributed by atoms with E-state index in [0.29, 0.717) is 19.5 Å². The average Bonchev–Trinajstić information content (AvgIpc) is 3.27. The molecule has 9 heteroatoms. The number of H-pyrrole nitrogens is 1. The number of alkyl halides is 3. The lowest BCUT2D eigenvalue weighted by Crippen LogP contribution is -2.45. The van der Waals surface area contributed by atoms with Gasteiger partial charge in [-0.2, -0.15) is 0 Å². The van der Waals surface area contributed by atoms with E-state index < -0.39 is 18.9 Å². The fraction of sp³-hybridized carbons (Fsp3) is 0.400. The van der Waals surface area contributed by atoms with Gasteiger partial charge in [0, 0.05) is 37.1 Å². The Balaban J connectivity index is 1.59. The van der Waals surface area contributed by atoms with Crippen molar-refractivity contribution in [3.63, 3.8) is 0 Å². The van der Waals surface area contributed by atoms with Gasteiger partial charge in [0.1, 0.15) is 11.9 Å². The largest absolute Gasteiger partial charge is 0.522 e. The highest BCUT2D eigenvalue weighted by atomic mass is 19.4. The molecule has 0 radical (unpaired) electrons. The fourth-order valence-electron chi connectivity index (χ4n) is 4.69. The first-order chi connectivity index (χ1) is 16.1. The van der Waals surface area contributed by atoms with Crippen LogP contribution >= 0.6 is 0 Å². The van der Waals surface area contributed by atoms with Gasteiger partial charge in [0.2, 0.25) is 0 Å². The number of hydrogen-bond donors (Lipinski definition) is 2. The number of hydrogen-bond acceptors (Lipinski definition) is 4. The van der Waals surface area contributed by atoms with E-state index in [1.165, 1.54) is 0 Å². The van der Waals surface area contributed by atoms with Gasteiger partial charge in [0.15, 0.2) is 0 Å². The summed E-state index contributed by atoms with van der Waals surface area (Å²) in [5.41, 5.74) is 4.18. The Hall–Kier alpha value is -3.04. The predicted molar refractivity (Wildman–Crippen MR) is 121 cm³/mol. The van der Waals surface area contributed by atoms with Gasteiger partial charge in [-0.15, -0.1) is 13.2 Å². The lowest BCUT2D eigenvalue weighted by atomic mass is 9.87. The third kappa shape index (κ3) is 5.37. The molecule has 182 valence electrons. The van der Waals surface area contributed by atoms with Crippen LogP contribution in [0.5, 0.6) is 5.75 Å². The molecule has 0 bridgehead atoms. The number of ether oxygens (including phenoxy) is 2. The molecule has 1 aromatic heterocycles. The smallest absolute Gasteiger partial charge is 0.489 e. The van der Waals surface area contributed by atoms with Crippen LogP contribution in [0.3, 0.4) is 0 Å². The van der Waals surface area contributed by atoms with E-state index in [-0.39, 0.29) is 24.1 Å². The van der Waals surface area contributed by atoms with E-state index in [0.717, 1.165) is 33.3 Å². The minimum atomic E-state index is -4.65. The normalized spacial score (nSPS) is 19.4. The van der Waals surface area contributed by atoms with Crippen LogP contribution in [0.2, 0.25) is 0 Å². The Morgan fingerprint density at radius 1 is 1.18 bits per heavy atom. The number of aromatic carboxylic acids is 1. The number of carbonyl (C=O) groups is 1. The molecule has 2 heterocycles. The highest BCUT2D eigenvalue weighted by Gasteiger charge is 2.34. The van der Waals surface area contributed by atoms with E-state index in [2.05, 4.69) is 15.8 Å². The summed E-state index contributed by atoms with van der Waals surface area (Å²) >= 11 is 0. The standard InChI is InChI=1S/C25H27F3N2O4/c1-15-13-16(2)23(19-7-9-29-22(15)19)34-21-8-10-30(11-12-33-25(26,27)28)14-20(21)17-3-5-18(6-4-17)24(31)32/h3-7,9,13,20-21,29H,8,10-12,14H2,1-2H3,(H,31,32)/t20-,21+/m0/s1. The average molecular weight is 476 g/mol. The quantitative estimate of drug-likeness (QED) is 0.487. The molecular weight excluding hydrogens is 449 g/mol. The second kappa shape index (κ2) is 9.68. The van der Waals surface area contributed by atoms with Crippen molar-refractivity contribution in [2.45, 2.75) is 38.7 Å². The van der Waals surface area contributed by atoms with Crippen LogP contribution in [0.25, 0.3) is 10.9 Å². The van der Waals surface area contributed by atoms with Crippen molar-refractivity contribution in [3.8, 4) is 5.75 Å². The number of rotatable bonds is 7. The number of halogens is 3. The SMILES string of the molecule is Cc1cc(C)c2[nH]ccc2c1O[C@@H]1CCN(CCOC(F)(F)F)C[C@H]1c1ccc(C(=O)O)cc1. The van der Waals surface area contributed by atoms with Crippen molar-refractivity contribution in [1.29, 1.82) is 0 Å². The third-order valence-corrected chi connectivity index (χ3v) is 6.34. The molecule has 0 saturated carbocycles. The van der Waals surface area contributed by atoms with Gasteiger partial charge in [-0.3, -0.25) is 4.74 Å². The molecule has 0 spiro atoms. The molecule has 2 atom stereocenters. The number of carboxylic acids is 1. The summed E-state index contributed by atoms with van der Waals surface area (Å²) in [6, 6.07) is 10.6. The number of aryl methyl sites for hydroxylation is 2. The molecule has 1 fully saturated rings. The molecular formula is C25H27F3N2O4. The molecule has 34 heavy (non-hydrogen) atoms. The van der Waals surface area contributed by atoms with Crippen molar-refractivity contribution in [1.82, 2.24) is 9.88 Å². The number of piperidine rings is 1. The van der Waals surface area contributed by atoms with Gasteiger partial charge in [-0.1, -0.05) is 18.2 Å². The number of carboxylic acid groups (broad SMARTS) is 1. The Morgan fingerprint density at radius 2 is 1.91 bits per heavy atom. The first-order valence-corrected chi connectivity index (χ1v) is 11.1. The van der Waals surface area contributed by atoms with Gasteiger partial charge < -0.3 is 19.7 Å². The minimum absolute atomic E-state index is 0.140. The summed E-state index contributed by atoms with van der Waals surface area (Å²) < 4.78 is 47.8. The molecule has 1 aliphatic rings. The maximum atomic E-state index is 12.4. The molecule has 6 nitrogen and oxygen atoms in total. The van der Waals surface area contributed by atoms with E-state index in [9.17, 15) is 23.1 Å². The monoisotopic (exact) mass is 476 g/mol. The Morgan fingerprint density at radius 3 is 2.59 bits per heavy atom. The van der Waals surface area contributed by atoms with E-state index >= 15 is 0 Å². The third-order valence-electron chi connectivity index (χ3n) is 6.34. The van der Waals surface area contributed by atoms with Gasteiger partial charge in [-0.05, 0) is 55.2 Å². The summed E-state index contributed by atoms with van der Waals surface area (Å²) in [6.07, 6.45) is -2.40. The molecule has 2 N–H and O–H groups in total. The number of aromatic amines is 1. The van der Waals surface area contributed by atoms with Crippen molar-refractivity contribution in [3.05, 3.63) is 64.8 Å². The van der Waals surface area contributed by atoms with Gasteiger partial charge >= 0.3 is 12.3 Å². The van der Waals surface area contributed by atoms with Crippen molar-refractivity contribution < 1.29 is 32.5 Å². The molecule has 4 rings (SSSR count). The predicted octanol–water partition coefficient (Wildman–Crippen LogP) is 5.26. The van der Waals surface area contributed by atoms with Crippen LogP contribution in [0.4, 0.5) is 13.2 Å². The molecule has 3 aromatic rings. The maximum Gasteiger partial charge on any atom is 0.522 e. The first kappa shape index (κ1) is 24.1. The van der Waals surface area contributed by atoms with E-state index in [1.807, 2.05) is 31.0 Å². The summed E-state index contributed by atoms with van der Waals surface area (Å²) in [4.78, 5) is 16.4. The van der Waals surface area contributed by atoms with Crippen LogP contribution in [0.1, 0.15) is 39.4 Å². The zero-order valence-electron chi connectivity index (χ0n) is 19.0. The first-order valence-electron chi connectivity index (χ1n) is 11.1. The molecule has 1 aliphatic heterocycles. The summed E-state index contributed by atoms with van der Waals surface area (Å²) in [5.74, 6) is -0.385. The van der Waals surface area contributed by atoms with Crippen molar-refractivity contribution >= 4 is 16.9 Å². The van der Waals surface area contributed by atoms with Crippen LogP contribution in [0.15, 0.2) is 42.6 Å². The second-order valence-corrected chi connectivity index (χ2v) is 8.68. The van der Waals surface area contributed by atoms with Crippen LogP contribution in [0, 0.1) is 13.8 Å². The van der Waals surface area contributed by atoms with E-state index in [4.69, 9.17) is 4.74 Å². The summed E-state index contributed by atoms with van der Waals surface area (Å²) in [5, 5.41) is 10.2. The zero-order chi connectivity index (χ0) is 24.5. The Labute approximate surface area is 195 Å². The molecule has 2 aromatic carbocycles. The number of nitrogens with zero attached hydrogens (tertiary/aromatic N) is 1. The second-order valence-electron chi connectivity index (χ2n) is 8.68. The molecule has 0 amide bonds. The van der Waals surface area contributed by atoms with Crippen LogP contribution < -0.4 is 4.74 Å². The lowest BCUT2D eigenvalue weighted by molar-refractivity contribution is -0.325. The molecule has 0 aliphatic carbocycles. The highest BCUT2D eigenvalue weighted by Crippen LogP contribution is 2.37. The molecule has 0 unspecified atom stereocenters.